The molecule has 74 valence electrons. The van der Waals surface area contributed by atoms with E-state index in [1.807, 2.05) is 11.6 Å². The standard InChI is InChI=1S/C9H16BrN3/c1-3-4-5-6-7-13-9(10)8(2)11-12-13/h3-7H2,1-2H3. The van der Waals surface area contributed by atoms with Gasteiger partial charge in [-0.1, -0.05) is 31.4 Å². The van der Waals surface area contributed by atoms with Crippen molar-refractivity contribution in [3.63, 3.8) is 0 Å². The van der Waals surface area contributed by atoms with Gasteiger partial charge in [0.1, 0.15) is 4.60 Å². The maximum absolute atomic E-state index is 4.03. The van der Waals surface area contributed by atoms with E-state index in [1.54, 1.807) is 0 Å². The lowest BCUT2D eigenvalue weighted by atomic mass is 10.2. The smallest absolute Gasteiger partial charge is 0.127 e. The number of nitrogens with zero attached hydrogens (tertiary/aromatic N) is 3. The van der Waals surface area contributed by atoms with Crippen LogP contribution in [0.25, 0.3) is 0 Å². The second kappa shape index (κ2) is 5.37. The average Bonchev–Trinajstić information content (AvgIpc) is 2.43. The lowest BCUT2D eigenvalue weighted by molar-refractivity contribution is 0.520. The molecule has 0 aliphatic carbocycles. The summed E-state index contributed by atoms with van der Waals surface area (Å²) in [4.78, 5) is 0. The number of aryl methyl sites for hydroxylation is 2. The highest BCUT2D eigenvalue weighted by atomic mass is 79.9. The molecule has 0 amide bonds. The Bertz CT molecular complexity index is 257. The Morgan fingerprint density at radius 1 is 1.31 bits per heavy atom. The summed E-state index contributed by atoms with van der Waals surface area (Å²) in [5.41, 5.74) is 0.968. The first-order chi connectivity index (χ1) is 6.25. The van der Waals surface area contributed by atoms with E-state index in [0.717, 1.165) is 16.8 Å². The van der Waals surface area contributed by atoms with Crippen molar-refractivity contribution in [2.75, 3.05) is 0 Å². The normalized spacial score (nSPS) is 10.7. The zero-order chi connectivity index (χ0) is 9.68. The van der Waals surface area contributed by atoms with Crippen LogP contribution in [0.1, 0.15) is 38.3 Å². The molecule has 0 N–H and O–H groups in total. The Labute approximate surface area is 87.6 Å². The van der Waals surface area contributed by atoms with Crippen LogP contribution in [0.5, 0.6) is 0 Å². The molecule has 0 saturated heterocycles. The minimum atomic E-state index is 0.968. The lowest BCUT2D eigenvalue weighted by Crippen LogP contribution is -2.00. The molecule has 0 aliphatic rings. The van der Waals surface area contributed by atoms with Gasteiger partial charge in [-0.25, -0.2) is 4.68 Å². The first-order valence-corrected chi connectivity index (χ1v) is 5.60. The van der Waals surface area contributed by atoms with Crippen molar-refractivity contribution < 1.29 is 0 Å². The summed E-state index contributed by atoms with van der Waals surface area (Å²) in [6.45, 7) is 5.15. The minimum Gasteiger partial charge on any atom is -0.238 e. The second-order valence-electron chi connectivity index (χ2n) is 3.25. The van der Waals surface area contributed by atoms with Crippen molar-refractivity contribution >= 4 is 15.9 Å². The van der Waals surface area contributed by atoms with Gasteiger partial charge in [0.05, 0.1) is 5.69 Å². The van der Waals surface area contributed by atoms with Crippen molar-refractivity contribution in [3.05, 3.63) is 10.3 Å². The third-order valence-electron chi connectivity index (χ3n) is 2.05. The molecule has 13 heavy (non-hydrogen) atoms. The molecule has 0 radical (unpaired) electrons. The highest BCUT2D eigenvalue weighted by Gasteiger charge is 2.03. The molecule has 0 unspecified atom stereocenters. The summed E-state index contributed by atoms with van der Waals surface area (Å²) in [5, 5.41) is 8.01. The Morgan fingerprint density at radius 2 is 2.08 bits per heavy atom. The molecule has 0 aromatic carbocycles. The third kappa shape index (κ3) is 3.10. The number of aromatic nitrogens is 3. The van der Waals surface area contributed by atoms with E-state index in [0.29, 0.717) is 0 Å². The number of rotatable bonds is 5. The minimum absolute atomic E-state index is 0.968. The second-order valence-corrected chi connectivity index (χ2v) is 4.00. The molecule has 0 spiro atoms. The molecule has 0 aliphatic heterocycles. The fourth-order valence-electron chi connectivity index (χ4n) is 1.22. The molecular formula is C9H16BrN3. The van der Waals surface area contributed by atoms with Crippen LogP contribution in [0.2, 0.25) is 0 Å². The largest absolute Gasteiger partial charge is 0.238 e. The maximum atomic E-state index is 4.03. The molecule has 4 heteroatoms. The third-order valence-corrected chi connectivity index (χ3v) is 3.03. The van der Waals surface area contributed by atoms with Gasteiger partial charge in [-0.3, -0.25) is 0 Å². The van der Waals surface area contributed by atoms with Gasteiger partial charge >= 0.3 is 0 Å². The molecule has 0 fully saturated rings. The zero-order valence-electron chi connectivity index (χ0n) is 8.26. The topological polar surface area (TPSA) is 30.7 Å². The van der Waals surface area contributed by atoms with Crippen molar-refractivity contribution in [1.82, 2.24) is 15.0 Å². The van der Waals surface area contributed by atoms with E-state index >= 15 is 0 Å². The summed E-state index contributed by atoms with van der Waals surface area (Å²) in [6.07, 6.45) is 5.06. The van der Waals surface area contributed by atoms with Crippen LogP contribution in [0, 0.1) is 6.92 Å². The van der Waals surface area contributed by atoms with E-state index in [2.05, 4.69) is 33.2 Å². The van der Waals surface area contributed by atoms with Gasteiger partial charge in [0, 0.05) is 6.54 Å². The first kappa shape index (κ1) is 10.7. The number of unbranched alkanes of at least 4 members (excludes halogenated alkanes) is 3. The molecule has 1 rings (SSSR count). The number of halogens is 1. The predicted octanol–water partition coefficient (Wildman–Crippen LogP) is 2.93. The van der Waals surface area contributed by atoms with Gasteiger partial charge in [-0.2, -0.15) is 0 Å². The molecule has 1 aromatic rings. The van der Waals surface area contributed by atoms with E-state index in [-0.39, 0.29) is 0 Å². The summed E-state index contributed by atoms with van der Waals surface area (Å²) in [6, 6.07) is 0. The summed E-state index contributed by atoms with van der Waals surface area (Å²) in [7, 11) is 0. The van der Waals surface area contributed by atoms with Gasteiger partial charge in [-0.05, 0) is 29.3 Å². The van der Waals surface area contributed by atoms with Crippen molar-refractivity contribution in [3.8, 4) is 0 Å². The van der Waals surface area contributed by atoms with Crippen molar-refractivity contribution in [1.29, 1.82) is 0 Å². The van der Waals surface area contributed by atoms with Crippen LogP contribution in [0.3, 0.4) is 0 Å². The van der Waals surface area contributed by atoms with Gasteiger partial charge in [0.15, 0.2) is 0 Å². The summed E-state index contributed by atoms with van der Waals surface area (Å²) >= 11 is 3.46. The zero-order valence-corrected chi connectivity index (χ0v) is 9.84. The van der Waals surface area contributed by atoms with Crippen LogP contribution >= 0.6 is 15.9 Å². The average molecular weight is 246 g/mol. The highest BCUT2D eigenvalue weighted by Crippen LogP contribution is 2.13. The van der Waals surface area contributed by atoms with Crippen LogP contribution in [0.15, 0.2) is 4.60 Å². The van der Waals surface area contributed by atoms with Crippen LogP contribution in [-0.4, -0.2) is 15.0 Å². The van der Waals surface area contributed by atoms with Gasteiger partial charge in [0.2, 0.25) is 0 Å². The number of hydrogen-bond acceptors (Lipinski definition) is 2. The highest BCUT2D eigenvalue weighted by molar-refractivity contribution is 9.10. The monoisotopic (exact) mass is 245 g/mol. The van der Waals surface area contributed by atoms with Gasteiger partial charge in [0.25, 0.3) is 0 Å². The van der Waals surface area contributed by atoms with Gasteiger partial charge in [-0.15, -0.1) is 5.10 Å². The van der Waals surface area contributed by atoms with E-state index in [1.165, 1.54) is 25.7 Å². The fourth-order valence-corrected chi connectivity index (χ4v) is 1.55. The van der Waals surface area contributed by atoms with Crippen LogP contribution in [0.4, 0.5) is 0 Å². The van der Waals surface area contributed by atoms with Crippen LogP contribution < -0.4 is 0 Å². The number of hydrogen-bond donors (Lipinski definition) is 0. The summed E-state index contributed by atoms with van der Waals surface area (Å²) in [5.74, 6) is 0. The summed E-state index contributed by atoms with van der Waals surface area (Å²) < 4.78 is 2.94. The Hall–Kier alpha value is -0.380. The molecule has 0 atom stereocenters. The van der Waals surface area contributed by atoms with E-state index < -0.39 is 0 Å². The SMILES string of the molecule is CCCCCCn1nnc(C)c1Br. The molecule has 1 heterocycles. The maximum Gasteiger partial charge on any atom is 0.127 e. The van der Waals surface area contributed by atoms with Crippen molar-refractivity contribution in [2.24, 2.45) is 0 Å². The predicted molar refractivity (Wildman–Crippen MR) is 56.6 cm³/mol. The van der Waals surface area contributed by atoms with E-state index in [4.69, 9.17) is 0 Å². The van der Waals surface area contributed by atoms with Crippen LogP contribution in [-0.2, 0) is 6.54 Å². The molecule has 3 nitrogen and oxygen atoms in total. The molecule has 0 saturated carbocycles. The molecular weight excluding hydrogens is 230 g/mol. The lowest BCUT2D eigenvalue weighted by Gasteiger charge is -2.01. The first-order valence-electron chi connectivity index (χ1n) is 4.81. The molecule has 1 aromatic heterocycles. The Balaban J connectivity index is 2.32. The fraction of sp³-hybridized carbons (Fsp3) is 0.778. The van der Waals surface area contributed by atoms with Crippen molar-refractivity contribution in [2.45, 2.75) is 46.1 Å². The quantitative estimate of drug-likeness (QED) is 0.748. The molecule has 0 bridgehead atoms. The van der Waals surface area contributed by atoms with Gasteiger partial charge < -0.3 is 0 Å². The van der Waals surface area contributed by atoms with E-state index in [9.17, 15) is 0 Å². The Kier molecular flexibility index (Phi) is 4.42. The Morgan fingerprint density at radius 3 is 2.62 bits per heavy atom.